The number of likely N-dealkylation sites (tertiary alicyclic amines) is 1. The third-order valence-corrected chi connectivity index (χ3v) is 6.16. The molecule has 1 N–H and O–H groups in total. The molecule has 0 aliphatic carbocycles. The van der Waals surface area contributed by atoms with Gasteiger partial charge in [-0.25, -0.2) is 9.78 Å². The van der Waals surface area contributed by atoms with Crippen molar-refractivity contribution >= 4 is 11.9 Å². The average molecular weight is 438 g/mol. The van der Waals surface area contributed by atoms with Crippen molar-refractivity contribution in [2.75, 3.05) is 26.2 Å². The Hall–Kier alpha value is -3.51. The van der Waals surface area contributed by atoms with Crippen molar-refractivity contribution in [3.63, 3.8) is 0 Å². The van der Waals surface area contributed by atoms with E-state index in [1.54, 1.807) is 4.90 Å². The van der Waals surface area contributed by atoms with E-state index in [2.05, 4.69) is 30.4 Å². The van der Waals surface area contributed by atoms with Gasteiger partial charge in [0.05, 0.1) is 29.2 Å². The third kappa shape index (κ3) is 3.56. The zero-order valence-corrected chi connectivity index (χ0v) is 17.5. The number of aliphatic hydroxyl groups is 1. The van der Waals surface area contributed by atoms with E-state index in [4.69, 9.17) is 4.74 Å². The average Bonchev–Trinajstić information content (AvgIpc) is 3.52. The number of tetrazole rings is 1. The highest BCUT2D eigenvalue weighted by atomic mass is 16.5. The van der Waals surface area contributed by atoms with Crippen LogP contribution < -0.4 is 0 Å². The first-order valence-electron chi connectivity index (χ1n) is 10.3. The molecule has 2 aromatic heterocycles. The van der Waals surface area contributed by atoms with Crippen LogP contribution in [-0.4, -0.2) is 83.2 Å². The number of amides is 1. The van der Waals surface area contributed by atoms with E-state index in [9.17, 15) is 14.7 Å². The molecule has 5 rings (SSSR count). The van der Waals surface area contributed by atoms with E-state index in [0.29, 0.717) is 49.7 Å². The quantitative estimate of drug-likeness (QED) is 0.622. The summed E-state index contributed by atoms with van der Waals surface area (Å²) in [6.07, 6.45) is 8.29. The van der Waals surface area contributed by atoms with Gasteiger partial charge in [-0.3, -0.25) is 14.7 Å². The van der Waals surface area contributed by atoms with Crippen LogP contribution in [-0.2, 0) is 14.3 Å². The van der Waals surface area contributed by atoms with Gasteiger partial charge in [-0.1, -0.05) is 0 Å². The molecule has 1 unspecified atom stereocenters. The van der Waals surface area contributed by atoms with Crippen LogP contribution in [0.4, 0.5) is 0 Å². The number of piperidine rings is 1. The molecular formula is C20H22N8O4. The van der Waals surface area contributed by atoms with E-state index in [-0.39, 0.29) is 12.5 Å². The molecule has 1 amide bonds. The zero-order valence-electron chi connectivity index (χ0n) is 17.5. The summed E-state index contributed by atoms with van der Waals surface area (Å²) >= 11 is 0. The minimum Gasteiger partial charge on any atom is -0.456 e. The van der Waals surface area contributed by atoms with E-state index in [0.717, 1.165) is 5.70 Å². The Kier molecular flexibility index (Phi) is 5.02. The second kappa shape index (κ2) is 7.88. The molecule has 5 heterocycles. The lowest BCUT2D eigenvalue weighted by molar-refractivity contribution is -0.138. The second-order valence-corrected chi connectivity index (χ2v) is 8.20. The van der Waals surface area contributed by atoms with Crippen molar-refractivity contribution in [2.45, 2.75) is 25.9 Å². The second-order valence-electron chi connectivity index (χ2n) is 8.20. The molecule has 0 radical (unpaired) electrons. The standard InChI is InChI=1S/C20H22N8O4/c1-13-7-20(19(31)28(13)14-6-18(30)32-11-14)2-4-26(5-3-20)10-16(29)15-8-22-17(9-21-15)27-12-23-24-25-27/h6-9,12,16,29H,2-5,10-11H2,1H3. The van der Waals surface area contributed by atoms with E-state index in [1.807, 2.05) is 13.0 Å². The first-order chi connectivity index (χ1) is 15.4. The fourth-order valence-corrected chi connectivity index (χ4v) is 4.48. The van der Waals surface area contributed by atoms with Gasteiger partial charge in [-0.05, 0) is 49.4 Å². The summed E-state index contributed by atoms with van der Waals surface area (Å²) in [5, 5.41) is 21.5. The predicted molar refractivity (Wildman–Crippen MR) is 107 cm³/mol. The van der Waals surface area contributed by atoms with Crippen LogP contribution in [0, 0.1) is 5.41 Å². The number of hydrogen-bond acceptors (Lipinski definition) is 10. The van der Waals surface area contributed by atoms with Gasteiger partial charge in [-0.2, -0.15) is 4.68 Å². The number of β-amino-alcohol motifs (C(OH)–C–C–N with tert-alkyl or cyclic N) is 1. The first kappa shape index (κ1) is 20.4. The summed E-state index contributed by atoms with van der Waals surface area (Å²) in [5.41, 5.74) is 1.29. The number of hydrogen-bond donors (Lipinski definition) is 1. The van der Waals surface area contributed by atoms with E-state index >= 15 is 0 Å². The van der Waals surface area contributed by atoms with Crippen LogP contribution in [0.2, 0.25) is 0 Å². The minimum absolute atomic E-state index is 0.0104. The van der Waals surface area contributed by atoms with Crippen molar-refractivity contribution < 1.29 is 19.4 Å². The Morgan fingerprint density at radius 2 is 2.03 bits per heavy atom. The number of carbonyl (C=O) groups excluding carboxylic acids is 2. The number of ether oxygens (including phenoxy) is 1. The molecule has 12 nitrogen and oxygen atoms in total. The number of aromatic nitrogens is 6. The topological polar surface area (TPSA) is 139 Å². The molecule has 1 saturated heterocycles. The van der Waals surface area contributed by atoms with Gasteiger partial charge in [0, 0.05) is 18.3 Å². The lowest BCUT2D eigenvalue weighted by Crippen LogP contribution is -2.46. The maximum Gasteiger partial charge on any atom is 0.333 e. The Morgan fingerprint density at radius 3 is 2.66 bits per heavy atom. The molecule has 32 heavy (non-hydrogen) atoms. The summed E-state index contributed by atoms with van der Waals surface area (Å²) < 4.78 is 6.35. The summed E-state index contributed by atoms with van der Waals surface area (Å²) in [6.45, 7) is 3.71. The number of esters is 1. The molecule has 2 aromatic rings. The largest absolute Gasteiger partial charge is 0.456 e. The van der Waals surface area contributed by atoms with Crippen LogP contribution in [0.5, 0.6) is 0 Å². The molecule has 0 saturated carbocycles. The van der Waals surface area contributed by atoms with Crippen LogP contribution >= 0.6 is 0 Å². The molecule has 3 aliphatic heterocycles. The van der Waals surface area contributed by atoms with Gasteiger partial charge >= 0.3 is 5.97 Å². The van der Waals surface area contributed by atoms with Crippen LogP contribution in [0.1, 0.15) is 31.6 Å². The fourth-order valence-electron chi connectivity index (χ4n) is 4.48. The molecule has 0 bridgehead atoms. The van der Waals surface area contributed by atoms with Crippen LogP contribution in [0.25, 0.3) is 5.82 Å². The van der Waals surface area contributed by atoms with Crippen molar-refractivity contribution in [2.24, 2.45) is 5.41 Å². The maximum absolute atomic E-state index is 13.2. The molecule has 12 heteroatoms. The zero-order chi connectivity index (χ0) is 22.3. The number of allylic oxidation sites excluding steroid dienone is 1. The summed E-state index contributed by atoms with van der Waals surface area (Å²) in [7, 11) is 0. The van der Waals surface area contributed by atoms with Gasteiger partial charge < -0.3 is 14.7 Å². The fraction of sp³-hybridized carbons (Fsp3) is 0.450. The lowest BCUT2D eigenvalue weighted by atomic mass is 9.78. The van der Waals surface area contributed by atoms with Crippen molar-refractivity contribution in [3.05, 3.63) is 48.0 Å². The normalized spacial score (nSPS) is 21.6. The lowest BCUT2D eigenvalue weighted by Gasteiger charge is -2.38. The minimum atomic E-state index is -0.806. The van der Waals surface area contributed by atoms with Gasteiger partial charge in [-0.15, -0.1) is 5.10 Å². The summed E-state index contributed by atoms with van der Waals surface area (Å²) in [6, 6.07) is 0. The predicted octanol–water partition coefficient (Wildman–Crippen LogP) is -0.245. The summed E-state index contributed by atoms with van der Waals surface area (Å²) in [4.78, 5) is 36.9. The Morgan fingerprint density at radius 1 is 1.22 bits per heavy atom. The number of nitrogens with zero attached hydrogens (tertiary/aromatic N) is 8. The molecule has 1 atom stereocenters. The Labute approximate surface area is 183 Å². The maximum atomic E-state index is 13.2. The van der Waals surface area contributed by atoms with Crippen molar-refractivity contribution in [1.29, 1.82) is 0 Å². The number of aliphatic hydroxyl groups excluding tert-OH is 1. The SMILES string of the molecule is CC1=CC2(CCN(CC(O)c3cnc(-n4cnnn4)cn3)CC2)C(=O)N1C1=CC(=O)OC1. The van der Waals surface area contributed by atoms with Gasteiger partial charge in [0.2, 0.25) is 5.91 Å². The summed E-state index contributed by atoms with van der Waals surface area (Å²) in [5.74, 6) is 0.0325. The number of cyclic esters (lactones) is 1. The van der Waals surface area contributed by atoms with E-state index in [1.165, 1.54) is 29.5 Å². The third-order valence-electron chi connectivity index (χ3n) is 6.16. The van der Waals surface area contributed by atoms with Gasteiger partial charge in [0.15, 0.2) is 5.82 Å². The van der Waals surface area contributed by atoms with E-state index < -0.39 is 17.5 Å². The van der Waals surface area contributed by atoms with Crippen LogP contribution in [0.3, 0.4) is 0 Å². The van der Waals surface area contributed by atoms with Crippen molar-refractivity contribution in [1.82, 2.24) is 40.0 Å². The molecule has 1 spiro atoms. The molecule has 3 aliphatic rings. The molecule has 1 fully saturated rings. The number of rotatable bonds is 5. The first-order valence-corrected chi connectivity index (χ1v) is 10.3. The van der Waals surface area contributed by atoms with Crippen LogP contribution in [0.15, 0.2) is 42.3 Å². The molecule has 166 valence electrons. The smallest absolute Gasteiger partial charge is 0.333 e. The molecule has 0 aromatic carbocycles. The Bertz CT molecular complexity index is 1090. The van der Waals surface area contributed by atoms with Gasteiger partial charge in [0.25, 0.3) is 0 Å². The molecular weight excluding hydrogens is 416 g/mol. The van der Waals surface area contributed by atoms with Gasteiger partial charge in [0.1, 0.15) is 19.0 Å². The highest BCUT2D eigenvalue weighted by Gasteiger charge is 2.48. The van der Waals surface area contributed by atoms with Crippen molar-refractivity contribution in [3.8, 4) is 5.82 Å². The monoisotopic (exact) mass is 438 g/mol. The highest BCUT2D eigenvalue weighted by molar-refractivity contribution is 5.93. The highest BCUT2D eigenvalue weighted by Crippen LogP contribution is 2.43. The number of carbonyl (C=O) groups is 2. The Balaban J connectivity index is 1.20.